The summed E-state index contributed by atoms with van der Waals surface area (Å²) in [4.78, 5) is 40.3. The number of thioether (sulfide) groups is 1. The lowest BCUT2D eigenvalue weighted by molar-refractivity contribution is -0.194. The van der Waals surface area contributed by atoms with Gasteiger partial charge in [-0.15, -0.1) is 0 Å². The predicted molar refractivity (Wildman–Crippen MR) is 149 cm³/mol. The minimum Gasteiger partial charge on any atom is -0.497 e. The number of esters is 1. The molecule has 1 aliphatic heterocycles. The molecule has 0 aliphatic carbocycles. The van der Waals surface area contributed by atoms with Crippen LogP contribution in [0.15, 0.2) is 83.8 Å². The summed E-state index contributed by atoms with van der Waals surface area (Å²) < 4.78 is 16.3. The first-order chi connectivity index (χ1) is 18.8. The highest BCUT2D eigenvalue weighted by atomic mass is 32.2. The third kappa shape index (κ3) is 6.04. The molecule has 8 nitrogen and oxygen atoms in total. The largest absolute Gasteiger partial charge is 0.497 e. The molecule has 9 heteroatoms. The maximum absolute atomic E-state index is 14.1. The molecular weight excluding hydrogens is 516 g/mol. The topological polar surface area (TPSA) is 94.2 Å². The van der Waals surface area contributed by atoms with Crippen LogP contribution < -0.4 is 14.8 Å². The lowest BCUT2D eigenvalue weighted by Crippen LogP contribution is -2.79. The lowest BCUT2D eigenvalue weighted by Gasteiger charge is -2.55. The van der Waals surface area contributed by atoms with Crippen LogP contribution in [0.3, 0.4) is 0 Å². The van der Waals surface area contributed by atoms with Crippen molar-refractivity contribution in [2.24, 2.45) is 0 Å². The van der Waals surface area contributed by atoms with Gasteiger partial charge in [-0.1, -0.05) is 54.2 Å². The number of carbonyl (C=O) groups excluding carboxylic acids is 3. The lowest BCUT2D eigenvalue weighted by atomic mass is 9.87. The molecule has 3 aromatic carbocycles. The molecule has 1 heterocycles. The molecule has 1 saturated heterocycles. The monoisotopic (exact) mass is 548 g/mol. The van der Waals surface area contributed by atoms with Gasteiger partial charge < -0.3 is 24.4 Å². The van der Waals surface area contributed by atoms with Gasteiger partial charge in [0.05, 0.1) is 14.2 Å². The number of nitrogens with zero attached hydrogens (tertiary/aromatic N) is 1. The maximum atomic E-state index is 14.1. The van der Waals surface area contributed by atoms with Gasteiger partial charge in [0.1, 0.15) is 11.5 Å². The highest BCUT2D eigenvalue weighted by Crippen LogP contribution is 2.49. The molecule has 2 atom stereocenters. The highest BCUT2D eigenvalue weighted by Gasteiger charge is 2.69. The Labute approximate surface area is 232 Å². The Balaban J connectivity index is 1.74. The second kappa shape index (κ2) is 12.3. The number of likely N-dealkylation sites (tertiary alicyclic amines) is 1. The summed E-state index contributed by atoms with van der Waals surface area (Å²) >= 11 is 1.08. The Morgan fingerprint density at radius 1 is 0.897 bits per heavy atom. The summed E-state index contributed by atoms with van der Waals surface area (Å²) in [5.74, 6) is -0.0215. The zero-order valence-electron chi connectivity index (χ0n) is 22.4. The number of rotatable bonds is 11. The van der Waals surface area contributed by atoms with E-state index in [2.05, 4.69) is 5.32 Å². The molecule has 0 saturated carbocycles. The molecule has 1 N–H and O–H groups in total. The van der Waals surface area contributed by atoms with E-state index in [1.807, 2.05) is 78.9 Å². The van der Waals surface area contributed by atoms with Crippen molar-refractivity contribution in [1.82, 2.24) is 10.2 Å². The quantitative estimate of drug-likeness (QED) is 0.221. The average molecular weight is 549 g/mol. The fourth-order valence-corrected chi connectivity index (χ4v) is 6.10. The number of hydrogen-bond donors (Lipinski definition) is 1. The van der Waals surface area contributed by atoms with Crippen molar-refractivity contribution in [2.75, 3.05) is 21.3 Å². The van der Waals surface area contributed by atoms with Crippen LogP contribution in [0.1, 0.15) is 18.1 Å². The van der Waals surface area contributed by atoms with Crippen molar-refractivity contribution in [3.8, 4) is 11.5 Å². The number of benzene rings is 3. The van der Waals surface area contributed by atoms with Crippen molar-refractivity contribution in [1.29, 1.82) is 0 Å². The van der Waals surface area contributed by atoms with E-state index in [1.165, 1.54) is 14.0 Å². The van der Waals surface area contributed by atoms with Crippen molar-refractivity contribution in [2.45, 2.75) is 41.7 Å². The van der Waals surface area contributed by atoms with Crippen LogP contribution in [0.4, 0.5) is 0 Å². The van der Waals surface area contributed by atoms with Gasteiger partial charge in [0, 0.05) is 24.9 Å². The summed E-state index contributed by atoms with van der Waals surface area (Å²) in [5.41, 5.74) is 1.94. The molecular formula is C30H32N2O6S. The van der Waals surface area contributed by atoms with Crippen LogP contribution >= 0.6 is 11.8 Å². The number of ether oxygens (including phenoxy) is 3. The van der Waals surface area contributed by atoms with Gasteiger partial charge in [0.15, 0.2) is 6.04 Å². The Morgan fingerprint density at radius 3 is 1.85 bits per heavy atom. The van der Waals surface area contributed by atoms with Crippen LogP contribution in [-0.2, 0) is 32.0 Å². The van der Waals surface area contributed by atoms with Crippen LogP contribution in [0.25, 0.3) is 0 Å². The SMILES string of the molecule is CNC(=O)C1N(C(Cc2ccc(OC)cc2)Cc2ccc(OC)cc2)C(=O)C1(OC(C)=O)Sc1ccccc1. The molecule has 204 valence electrons. The molecule has 4 rings (SSSR count). The molecule has 39 heavy (non-hydrogen) atoms. The van der Waals surface area contributed by atoms with Gasteiger partial charge in [0.25, 0.3) is 10.8 Å². The van der Waals surface area contributed by atoms with Gasteiger partial charge >= 0.3 is 5.97 Å². The molecule has 0 radical (unpaired) electrons. The van der Waals surface area contributed by atoms with E-state index in [0.717, 1.165) is 34.4 Å². The number of hydrogen-bond acceptors (Lipinski definition) is 7. The number of β-lactam (4-membered cyclic amide) rings is 1. The molecule has 3 aromatic rings. The number of nitrogens with one attached hydrogen (secondary N) is 1. The summed E-state index contributed by atoms with van der Waals surface area (Å²) in [7, 11) is 4.72. The summed E-state index contributed by atoms with van der Waals surface area (Å²) in [6.45, 7) is 1.25. The molecule has 1 aliphatic rings. The highest BCUT2D eigenvalue weighted by molar-refractivity contribution is 8.01. The van der Waals surface area contributed by atoms with E-state index in [4.69, 9.17) is 14.2 Å². The Bertz CT molecular complexity index is 1250. The Morgan fingerprint density at radius 2 is 1.41 bits per heavy atom. The van der Waals surface area contributed by atoms with E-state index >= 15 is 0 Å². The third-order valence-corrected chi connectivity index (χ3v) is 7.92. The van der Waals surface area contributed by atoms with Crippen LogP contribution in [-0.4, -0.2) is 61.0 Å². The minimum atomic E-state index is -1.72. The van der Waals surface area contributed by atoms with E-state index < -0.39 is 34.8 Å². The van der Waals surface area contributed by atoms with E-state index in [1.54, 1.807) is 19.1 Å². The average Bonchev–Trinajstić information content (AvgIpc) is 2.95. The second-order valence-electron chi connectivity index (χ2n) is 9.16. The molecule has 1 fully saturated rings. The number of methoxy groups -OCH3 is 2. The first kappa shape index (κ1) is 28.0. The first-order valence-corrected chi connectivity index (χ1v) is 13.4. The van der Waals surface area contributed by atoms with Gasteiger partial charge in [-0.05, 0) is 60.4 Å². The summed E-state index contributed by atoms with van der Waals surface area (Å²) in [6.07, 6.45) is 0.947. The van der Waals surface area contributed by atoms with Gasteiger partial charge in [-0.3, -0.25) is 14.4 Å². The van der Waals surface area contributed by atoms with Crippen LogP contribution in [0, 0.1) is 0 Å². The molecule has 0 aromatic heterocycles. The van der Waals surface area contributed by atoms with Crippen molar-refractivity contribution in [3.05, 3.63) is 90.0 Å². The Kier molecular flexibility index (Phi) is 8.81. The van der Waals surface area contributed by atoms with Crippen LogP contribution in [0.2, 0.25) is 0 Å². The number of amides is 2. The zero-order valence-corrected chi connectivity index (χ0v) is 23.2. The van der Waals surface area contributed by atoms with Crippen molar-refractivity contribution in [3.63, 3.8) is 0 Å². The normalized spacial score (nSPS) is 18.3. The number of carbonyl (C=O) groups is 3. The Hall–Kier alpha value is -3.98. The van der Waals surface area contributed by atoms with Crippen molar-refractivity contribution >= 4 is 29.5 Å². The molecule has 0 spiro atoms. The van der Waals surface area contributed by atoms with E-state index in [9.17, 15) is 14.4 Å². The summed E-state index contributed by atoms with van der Waals surface area (Å²) in [6, 6.07) is 22.9. The first-order valence-electron chi connectivity index (χ1n) is 12.5. The van der Waals surface area contributed by atoms with E-state index in [0.29, 0.717) is 17.7 Å². The smallest absolute Gasteiger partial charge is 0.304 e. The molecule has 0 bridgehead atoms. The molecule has 2 unspecified atom stereocenters. The van der Waals surface area contributed by atoms with Gasteiger partial charge in [0.2, 0.25) is 5.91 Å². The maximum Gasteiger partial charge on any atom is 0.304 e. The predicted octanol–water partition coefficient (Wildman–Crippen LogP) is 3.87. The van der Waals surface area contributed by atoms with Gasteiger partial charge in [-0.25, -0.2) is 0 Å². The standard InChI is InChI=1S/C30H32N2O6S/c1-20(33)38-30(39-26-8-6-5-7-9-26)27(28(34)31-2)32(29(30)35)23(18-21-10-14-24(36-3)15-11-21)19-22-12-16-25(37-4)17-13-22/h5-17,23,27H,18-19H2,1-4H3,(H,31,34). The van der Waals surface area contributed by atoms with Crippen LogP contribution in [0.5, 0.6) is 11.5 Å². The van der Waals surface area contributed by atoms with Gasteiger partial charge in [-0.2, -0.15) is 0 Å². The zero-order chi connectivity index (χ0) is 28.0. The fourth-order valence-electron chi connectivity index (χ4n) is 4.78. The minimum absolute atomic E-state index is 0.401. The number of likely N-dealkylation sites (N-methyl/N-ethyl adjacent to an activating group) is 1. The summed E-state index contributed by atoms with van der Waals surface area (Å²) in [5, 5.41) is 2.67. The third-order valence-electron chi connectivity index (χ3n) is 6.63. The fraction of sp³-hybridized carbons (Fsp3) is 0.300. The molecule has 2 amide bonds. The van der Waals surface area contributed by atoms with E-state index in [-0.39, 0.29) is 0 Å². The van der Waals surface area contributed by atoms with Crippen molar-refractivity contribution < 1.29 is 28.6 Å². The second-order valence-corrected chi connectivity index (χ2v) is 10.4.